The third-order valence-electron chi connectivity index (χ3n) is 3.28. The summed E-state index contributed by atoms with van der Waals surface area (Å²) in [5.41, 5.74) is 1.46. The molecule has 0 aromatic heterocycles. The van der Waals surface area contributed by atoms with Gasteiger partial charge in [-0.05, 0) is 19.0 Å². The Balaban J connectivity index is 2.26. The minimum absolute atomic E-state index is 0.287. The number of benzene rings is 1. The maximum atomic E-state index is 12.0. The highest BCUT2D eigenvalue weighted by atomic mass is 32.2. The standard InChI is InChI=1S/C14H20N2O2S/c1-3-7-11(15-4-2)10-13-12-8-5-6-9-14(12)19(17,18)16-13/h5-6,8-9,11,15H,3-4,7,10H2,1-2H3. The minimum atomic E-state index is -3.47. The lowest BCUT2D eigenvalue weighted by molar-refractivity contribution is 0.502. The van der Waals surface area contributed by atoms with Crippen molar-refractivity contribution < 1.29 is 8.42 Å². The van der Waals surface area contributed by atoms with Gasteiger partial charge in [0.25, 0.3) is 10.0 Å². The predicted octanol–water partition coefficient (Wildman–Crippen LogP) is 2.35. The molecule has 0 aliphatic carbocycles. The van der Waals surface area contributed by atoms with Crippen LogP contribution < -0.4 is 5.32 Å². The molecule has 0 spiro atoms. The molecule has 0 amide bonds. The average molecular weight is 280 g/mol. The van der Waals surface area contributed by atoms with E-state index >= 15 is 0 Å². The van der Waals surface area contributed by atoms with Gasteiger partial charge in [0.2, 0.25) is 0 Å². The van der Waals surface area contributed by atoms with E-state index in [1.54, 1.807) is 12.1 Å². The van der Waals surface area contributed by atoms with Crippen LogP contribution in [0.2, 0.25) is 0 Å². The molecule has 1 aromatic rings. The third kappa shape index (κ3) is 3.04. The van der Waals surface area contributed by atoms with Gasteiger partial charge in [-0.3, -0.25) is 0 Å². The summed E-state index contributed by atoms with van der Waals surface area (Å²) in [4.78, 5) is 0.344. The van der Waals surface area contributed by atoms with Gasteiger partial charge in [-0.25, -0.2) is 0 Å². The fourth-order valence-electron chi connectivity index (χ4n) is 2.47. The second-order valence-electron chi connectivity index (χ2n) is 4.76. The molecule has 1 heterocycles. The highest BCUT2D eigenvalue weighted by Crippen LogP contribution is 2.28. The smallest absolute Gasteiger partial charge is 0.283 e. The normalized spacial score (nSPS) is 17.9. The molecule has 19 heavy (non-hydrogen) atoms. The fourth-order valence-corrected chi connectivity index (χ4v) is 3.74. The quantitative estimate of drug-likeness (QED) is 0.870. The molecule has 0 saturated carbocycles. The van der Waals surface area contributed by atoms with Gasteiger partial charge in [-0.2, -0.15) is 12.8 Å². The van der Waals surface area contributed by atoms with Crippen LogP contribution in [-0.4, -0.2) is 26.7 Å². The van der Waals surface area contributed by atoms with E-state index < -0.39 is 10.0 Å². The second-order valence-corrected chi connectivity index (χ2v) is 6.33. The number of rotatable bonds is 6. The van der Waals surface area contributed by atoms with Crippen LogP contribution in [-0.2, 0) is 10.0 Å². The van der Waals surface area contributed by atoms with Crippen LogP contribution in [0.25, 0.3) is 0 Å². The first kappa shape index (κ1) is 14.2. The van der Waals surface area contributed by atoms with Crippen molar-refractivity contribution in [2.75, 3.05) is 6.54 Å². The Labute approximate surface area is 115 Å². The number of fused-ring (bicyclic) bond motifs is 1. The van der Waals surface area contributed by atoms with Crippen molar-refractivity contribution in [3.05, 3.63) is 29.8 Å². The van der Waals surface area contributed by atoms with E-state index in [1.807, 2.05) is 12.1 Å². The Hall–Kier alpha value is -1.20. The van der Waals surface area contributed by atoms with Gasteiger partial charge >= 0.3 is 0 Å². The number of sulfonamides is 1. The summed E-state index contributed by atoms with van der Waals surface area (Å²) in [7, 11) is -3.47. The second kappa shape index (κ2) is 5.84. The number of hydrogen-bond donors (Lipinski definition) is 1. The molecule has 5 heteroatoms. The molecule has 4 nitrogen and oxygen atoms in total. The Kier molecular flexibility index (Phi) is 4.37. The van der Waals surface area contributed by atoms with E-state index in [0.29, 0.717) is 17.0 Å². The lowest BCUT2D eigenvalue weighted by Gasteiger charge is -2.16. The zero-order chi connectivity index (χ0) is 13.9. The van der Waals surface area contributed by atoms with Crippen LogP contribution in [0.15, 0.2) is 33.6 Å². The Bertz CT molecular complexity index is 573. The Morgan fingerprint density at radius 1 is 1.26 bits per heavy atom. The summed E-state index contributed by atoms with van der Waals surface area (Å²) in [5.74, 6) is 0. The highest BCUT2D eigenvalue weighted by Gasteiger charge is 2.29. The van der Waals surface area contributed by atoms with Crippen molar-refractivity contribution in [3.63, 3.8) is 0 Å². The van der Waals surface area contributed by atoms with Crippen LogP contribution in [0.3, 0.4) is 0 Å². The van der Waals surface area contributed by atoms with Gasteiger partial charge in [0.05, 0.1) is 10.6 Å². The van der Waals surface area contributed by atoms with Crippen molar-refractivity contribution in [1.29, 1.82) is 0 Å². The SMILES string of the molecule is CCCC(CC1=NS(=O)(=O)c2ccccc21)NCC. The van der Waals surface area contributed by atoms with Crippen molar-refractivity contribution in [2.45, 2.75) is 44.0 Å². The molecule has 104 valence electrons. The lowest BCUT2D eigenvalue weighted by atomic mass is 10.00. The Morgan fingerprint density at radius 3 is 2.68 bits per heavy atom. The zero-order valence-corrected chi connectivity index (χ0v) is 12.2. The molecular formula is C14H20N2O2S. The van der Waals surface area contributed by atoms with E-state index in [1.165, 1.54) is 0 Å². The molecule has 1 aliphatic rings. The van der Waals surface area contributed by atoms with E-state index in [2.05, 4.69) is 23.6 Å². The summed E-state index contributed by atoms with van der Waals surface area (Å²) < 4.78 is 27.8. The highest BCUT2D eigenvalue weighted by molar-refractivity contribution is 7.90. The van der Waals surface area contributed by atoms with Crippen molar-refractivity contribution >= 4 is 15.7 Å². The number of hydrogen-bond acceptors (Lipinski definition) is 3. The van der Waals surface area contributed by atoms with Crippen LogP contribution in [0.1, 0.15) is 38.7 Å². The van der Waals surface area contributed by atoms with Gasteiger partial charge < -0.3 is 5.32 Å². The first-order valence-electron chi connectivity index (χ1n) is 6.75. The van der Waals surface area contributed by atoms with E-state index in [0.717, 1.165) is 24.9 Å². The van der Waals surface area contributed by atoms with Gasteiger partial charge in [0.1, 0.15) is 0 Å². The molecule has 1 aromatic carbocycles. The molecule has 1 aliphatic heterocycles. The monoisotopic (exact) mass is 280 g/mol. The third-order valence-corrected chi connectivity index (χ3v) is 4.65. The van der Waals surface area contributed by atoms with Crippen molar-refractivity contribution in [1.82, 2.24) is 5.32 Å². The summed E-state index contributed by atoms with van der Waals surface area (Å²) in [6, 6.07) is 7.35. The van der Waals surface area contributed by atoms with E-state index in [4.69, 9.17) is 0 Å². The summed E-state index contributed by atoms with van der Waals surface area (Å²) in [5, 5.41) is 3.39. The maximum absolute atomic E-state index is 12.0. The van der Waals surface area contributed by atoms with Crippen molar-refractivity contribution in [3.8, 4) is 0 Å². The van der Waals surface area contributed by atoms with Gasteiger partial charge in [-0.1, -0.05) is 38.5 Å². The van der Waals surface area contributed by atoms with Crippen LogP contribution in [0, 0.1) is 0 Å². The molecule has 1 unspecified atom stereocenters. The maximum Gasteiger partial charge on any atom is 0.283 e. The van der Waals surface area contributed by atoms with Crippen LogP contribution in [0.4, 0.5) is 0 Å². The average Bonchev–Trinajstić information content (AvgIpc) is 2.63. The molecule has 2 rings (SSSR count). The summed E-state index contributed by atoms with van der Waals surface area (Å²) in [6.45, 7) is 5.07. The van der Waals surface area contributed by atoms with E-state index in [9.17, 15) is 8.42 Å². The molecule has 0 radical (unpaired) electrons. The van der Waals surface area contributed by atoms with Crippen molar-refractivity contribution in [2.24, 2.45) is 4.40 Å². The van der Waals surface area contributed by atoms with Crippen LogP contribution in [0.5, 0.6) is 0 Å². The predicted molar refractivity (Wildman–Crippen MR) is 77.2 cm³/mol. The lowest BCUT2D eigenvalue weighted by Crippen LogP contribution is -2.31. The van der Waals surface area contributed by atoms with Gasteiger partial charge in [-0.15, -0.1) is 0 Å². The molecule has 1 N–H and O–H groups in total. The van der Waals surface area contributed by atoms with Crippen LogP contribution >= 0.6 is 0 Å². The molecule has 0 fully saturated rings. The van der Waals surface area contributed by atoms with Gasteiger partial charge in [0.15, 0.2) is 0 Å². The number of nitrogens with one attached hydrogen (secondary N) is 1. The largest absolute Gasteiger partial charge is 0.314 e. The zero-order valence-electron chi connectivity index (χ0n) is 11.4. The van der Waals surface area contributed by atoms with Gasteiger partial charge in [0, 0.05) is 18.0 Å². The molecule has 0 saturated heterocycles. The number of nitrogens with zero attached hydrogens (tertiary/aromatic N) is 1. The van der Waals surface area contributed by atoms with E-state index in [-0.39, 0.29) is 6.04 Å². The summed E-state index contributed by atoms with van der Waals surface area (Å²) >= 11 is 0. The molecular weight excluding hydrogens is 260 g/mol. The Morgan fingerprint density at radius 2 is 2.00 bits per heavy atom. The fraction of sp³-hybridized carbons (Fsp3) is 0.500. The summed E-state index contributed by atoms with van der Waals surface area (Å²) in [6.07, 6.45) is 2.76. The minimum Gasteiger partial charge on any atom is -0.314 e. The first-order chi connectivity index (χ1) is 9.08. The molecule has 1 atom stereocenters. The topological polar surface area (TPSA) is 58.5 Å². The molecule has 0 bridgehead atoms. The first-order valence-corrected chi connectivity index (χ1v) is 8.19.